The highest BCUT2D eigenvalue weighted by molar-refractivity contribution is 5.78. The Morgan fingerprint density at radius 2 is 1.71 bits per heavy atom. The lowest BCUT2D eigenvalue weighted by atomic mass is 9.95. The molecular weight excluding hydrogens is 264 g/mol. The predicted molar refractivity (Wildman–Crippen MR) is 86.2 cm³/mol. The molecule has 0 spiro atoms. The number of nitrogens with one attached hydrogen (secondary N) is 1. The Bertz CT molecular complexity index is 305. The van der Waals surface area contributed by atoms with Crippen LogP contribution in [0.5, 0.6) is 0 Å². The van der Waals surface area contributed by atoms with E-state index >= 15 is 0 Å². The Morgan fingerprint density at radius 1 is 1.00 bits per heavy atom. The van der Waals surface area contributed by atoms with Crippen molar-refractivity contribution in [1.82, 2.24) is 15.1 Å². The molecule has 1 aliphatic carbocycles. The average Bonchev–Trinajstić information content (AvgIpc) is 2.71. The molecule has 0 radical (unpaired) electrons. The van der Waals surface area contributed by atoms with Crippen LogP contribution in [0.1, 0.15) is 44.9 Å². The van der Waals surface area contributed by atoms with Crippen molar-refractivity contribution in [1.29, 1.82) is 0 Å². The lowest BCUT2D eigenvalue weighted by Gasteiger charge is -2.25. The number of amides is 1. The lowest BCUT2D eigenvalue weighted by Crippen LogP contribution is -2.43. The van der Waals surface area contributed by atoms with Crippen LogP contribution < -0.4 is 11.1 Å². The molecular formula is C16H32N4O. The largest absolute Gasteiger partial charge is 0.352 e. The summed E-state index contributed by atoms with van der Waals surface area (Å²) in [5.41, 5.74) is 5.58. The first-order valence-electron chi connectivity index (χ1n) is 8.72. The second kappa shape index (κ2) is 9.38. The molecule has 0 aromatic heterocycles. The van der Waals surface area contributed by atoms with Crippen molar-refractivity contribution in [2.45, 2.75) is 51.0 Å². The van der Waals surface area contributed by atoms with Gasteiger partial charge >= 0.3 is 0 Å². The monoisotopic (exact) mass is 296 g/mol. The third kappa shape index (κ3) is 6.32. The zero-order valence-electron chi connectivity index (χ0n) is 13.4. The fourth-order valence-electron chi connectivity index (χ4n) is 3.44. The number of hydrogen-bond donors (Lipinski definition) is 2. The minimum Gasteiger partial charge on any atom is -0.352 e. The number of hydrogen-bond acceptors (Lipinski definition) is 4. The van der Waals surface area contributed by atoms with Gasteiger partial charge in [-0.15, -0.1) is 0 Å². The van der Waals surface area contributed by atoms with Gasteiger partial charge in [-0.2, -0.15) is 0 Å². The molecule has 0 aromatic rings. The van der Waals surface area contributed by atoms with Crippen molar-refractivity contribution < 1.29 is 4.79 Å². The third-order valence-corrected chi connectivity index (χ3v) is 4.70. The number of carbonyl (C=O) groups excluding carboxylic acids is 1. The topological polar surface area (TPSA) is 61.6 Å². The quantitative estimate of drug-likeness (QED) is 0.761. The van der Waals surface area contributed by atoms with Crippen molar-refractivity contribution in [3.8, 4) is 0 Å². The van der Waals surface area contributed by atoms with Crippen LogP contribution in [0.4, 0.5) is 0 Å². The highest BCUT2D eigenvalue weighted by Crippen LogP contribution is 2.17. The van der Waals surface area contributed by atoms with Crippen molar-refractivity contribution >= 4 is 5.91 Å². The van der Waals surface area contributed by atoms with Gasteiger partial charge in [-0.3, -0.25) is 9.69 Å². The molecule has 1 amide bonds. The van der Waals surface area contributed by atoms with Gasteiger partial charge in [-0.25, -0.2) is 0 Å². The summed E-state index contributed by atoms with van der Waals surface area (Å²) in [6.07, 6.45) is 8.42. The first-order valence-corrected chi connectivity index (χ1v) is 8.72. The number of rotatable bonds is 6. The first kappa shape index (κ1) is 16.7. The fraction of sp³-hybridized carbons (Fsp3) is 0.938. The van der Waals surface area contributed by atoms with Crippen LogP contribution in [0, 0.1) is 0 Å². The molecule has 0 aromatic carbocycles. The Labute approximate surface area is 129 Å². The predicted octanol–water partition coefficient (Wildman–Crippen LogP) is 0.792. The first-order chi connectivity index (χ1) is 10.3. The molecule has 2 aliphatic rings. The average molecular weight is 296 g/mol. The summed E-state index contributed by atoms with van der Waals surface area (Å²) in [6.45, 7) is 6.68. The molecule has 3 N–H and O–H groups in total. The maximum absolute atomic E-state index is 12.2. The summed E-state index contributed by atoms with van der Waals surface area (Å²) in [5, 5.41) is 3.22. The van der Waals surface area contributed by atoms with Crippen LogP contribution in [0.2, 0.25) is 0 Å². The Balaban J connectivity index is 1.66. The molecule has 2 rings (SSSR count). The molecule has 2 fully saturated rings. The van der Waals surface area contributed by atoms with E-state index in [9.17, 15) is 4.79 Å². The van der Waals surface area contributed by atoms with Gasteiger partial charge in [0.15, 0.2) is 0 Å². The molecule has 0 atom stereocenters. The van der Waals surface area contributed by atoms with Gasteiger partial charge in [0.1, 0.15) is 0 Å². The standard InChI is InChI=1S/C16H32N4O/c17-8-4-9-19-10-5-11-20(13-12-19)14-16(21)18-15-6-2-1-3-7-15/h15H,1-14,17H2,(H,18,21). The van der Waals surface area contributed by atoms with Gasteiger partial charge in [0.05, 0.1) is 6.54 Å². The van der Waals surface area contributed by atoms with Crippen molar-refractivity contribution in [2.75, 3.05) is 45.8 Å². The van der Waals surface area contributed by atoms with E-state index in [2.05, 4.69) is 15.1 Å². The van der Waals surface area contributed by atoms with E-state index in [1.807, 2.05) is 0 Å². The number of nitrogens with zero attached hydrogens (tertiary/aromatic N) is 2. The van der Waals surface area contributed by atoms with Crippen LogP contribution >= 0.6 is 0 Å². The summed E-state index contributed by atoms with van der Waals surface area (Å²) >= 11 is 0. The molecule has 1 saturated heterocycles. The molecule has 21 heavy (non-hydrogen) atoms. The highest BCUT2D eigenvalue weighted by Gasteiger charge is 2.19. The number of nitrogens with two attached hydrogens (primary N) is 1. The molecule has 5 nitrogen and oxygen atoms in total. The van der Waals surface area contributed by atoms with Crippen molar-refractivity contribution in [3.05, 3.63) is 0 Å². The van der Waals surface area contributed by atoms with Gasteiger partial charge in [-0.1, -0.05) is 19.3 Å². The number of carbonyl (C=O) groups is 1. The van der Waals surface area contributed by atoms with E-state index in [1.54, 1.807) is 0 Å². The van der Waals surface area contributed by atoms with E-state index < -0.39 is 0 Å². The summed E-state index contributed by atoms with van der Waals surface area (Å²) in [4.78, 5) is 16.9. The van der Waals surface area contributed by atoms with E-state index in [4.69, 9.17) is 5.73 Å². The highest BCUT2D eigenvalue weighted by atomic mass is 16.2. The normalized spacial score (nSPS) is 22.9. The van der Waals surface area contributed by atoms with Crippen LogP contribution in [0.3, 0.4) is 0 Å². The van der Waals surface area contributed by atoms with E-state index in [0.717, 1.165) is 52.1 Å². The smallest absolute Gasteiger partial charge is 0.234 e. The van der Waals surface area contributed by atoms with E-state index in [0.29, 0.717) is 12.6 Å². The van der Waals surface area contributed by atoms with E-state index in [-0.39, 0.29) is 5.91 Å². The summed E-state index contributed by atoms with van der Waals surface area (Å²) in [5.74, 6) is 0.220. The fourth-order valence-corrected chi connectivity index (χ4v) is 3.44. The summed E-state index contributed by atoms with van der Waals surface area (Å²) < 4.78 is 0. The third-order valence-electron chi connectivity index (χ3n) is 4.70. The Kier molecular flexibility index (Phi) is 7.47. The minimum atomic E-state index is 0.220. The van der Waals surface area contributed by atoms with Crippen LogP contribution in [-0.4, -0.2) is 67.6 Å². The molecule has 0 bridgehead atoms. The zero-order valence-corrected chi connectivity index (χ0v) is 13.4. The van der Waals surface area contributed by atoms with Crippen LogP contribution in [0.15, 0.2) is 0 Å². The minimum absolute atomic E-state index is 0.220. The van der Waals surface area contributed by atoms with Gasteiger partial charge in [0.25, 0.3) is 0 Å². The molecule has 1 aliphatic heterocycles. The molecule has 5 heteroatoms. The van der Waals surface area contributed by atoms with Crippen LogP contribution in [-0.2, 0) is 4.79 Å². The Morgan fingerprint density at radius 3 is 2.48 bits per heavy atom. The van der Waals surface area contributed by atoms with Crippen molar-refractivity contribution in [3.63, 3.8) is 0 Å². The van der Waals surface area contributed by atoms with E-state index in [1.165, 1.54) is 32.1 Å². The summed E-state index contributed by atoms with van der Waals surface area (Å²) in [7, 11) is 0. The maximum Gasteiger partial charge on any atom is 0.234 e. The molecule has 1 saturated carbocycles. The van der Waals surface area contributed by atoms with Crippen molar-refractivity contribution in [2.24, 2.45) is 5.73 Å². The zero-order chi connectivity index (χ0) is 14.9. The summed E-state index contributed by atoms with van der Waals surface area (Å²) in [6, 6.07) is 0.430. The van der Waals surface area contributed by atoms with Crippen LogP contribution in [0.25, 0.3) is 0 Å². The van der Waals surface area contributed by atoms with Gasteiger partial charge < -0.3 is 16.0 Å². The second-order valence-corrected chi connectivity index (χ2v) is 6.52. The van der Waals surface area contributed by atoms with Gasteiger partial charge in [-0.05, 0) is 51.9 Å². The van der Waals surface area contributed by atoms with Gasteiger partial charge in [0, 0.05) is 19.1 Å². The molecule has 122 valence electrons. The maximum atomic E-state index is 12.2. The second-order valence-electron chi connectivity index (χ2n) is 6.52. The molecule has 1 heterocycles. The molecule has 0 unspecified atom stereocenters. The lowest BCUT2D eigenvalue weighted by molar-refractivity contribution is -0.123. The SMILES string of the molecule is NCCCN1CCCN(CC(=O)NC2CCCCC2)CC1. The Hall–Kier alpha value is -0.650. The van der Waals surface area contributed by atoms with Gasteiger partial charge in [0.2, 0.25) is 5.91 Å².